The number of rotatable bonds is 4. The van der Waals surface area contributed by atoms with Gasteiger partial charge in [-0.05, 0) is 43.9 Å². The lowest BCUT2D eigenvalue weighted by Crippen LogP contribution is -2.41. The molecule has 1 aliphatic rings. The van der Waals surface area contributed by atoms with Crippen LogP contribution in [0.25, 0.3) is 0 Å². The molecule has 1 fully saturated rings. The average molecular weight is 275 g/mol. The smallest absolute Gasteiger partial charge is 0.323 e. The zero-order valence-corrected chi connectivity index (χ0v) is 11.7. The summed E-state index contributed by atoms with van der Waals surface area (Å²) in [6.07, 6.45) is 7.32. The first kappa shape index (κ1) is 14.5. The number of pyridine rings is 1. The van der Waals surface area contributed by atoms with Crippen LogP contribution in [-0.4, -0.2) is 41.5 Å². The molecule has 1 unspecified atom stereocenters. The maximum Gasteiger partial charge on any atom is 0.323 e. The van der Waals surface area contributed by atoms with Gasteiger partial charge in [0.2, 0.25) is 5.91 Å². The van der Waals surface area contributed by atoms with Gasteiger partial charge < -0.3 is 9.64 Å². The van der Waals surface area contributed by atoms with Crippen LogP contribution in [0.1, 0.15) is 37.7 Å². The summed E-state index contributed by atoms with van der Waals surface area (Å²) in [6, 6.07) is 3.24. The molecular formula is C15H19N2O3. The first-order valence-corrected chi connectivity index (χ1v) is 7.01. The van der Waals surface area contributed by atoms with Crippen LogP contribution in [0.3, 0.4) is 0 Å². The van der Waals surface area contributed by atoms with Crippen molar-refractivity contribution in [3.63, 3.8) is 0 Å². The molecule has 0 bridgehead atoms. The molecule has 2 heterocycles. The summed E-state index contributed by atoms with van der Waals surface area (Å²) in [4.78, 5) is 30.3. The Morgan fingerprint density at radius 2 is 2.15 bits per heavy atom. The summed E-state index contributed by atoms with van der Waals surface area (Å²) in [5.74, 6) is -1.57. The summed E-state index contributed by atoms with van der Waals surface area (Å²) in [5, 5.41) is 0. The zero-order valence-electron chi connectivity index (χ0n) is 11.7. The van der Waals surface area contributed by atoms with Gasteiger partial charge in [0.1, 0.15) is 0 Å². The van der Waals surface area contributed by atoms with E-state index in [1.807, 2.05) is 0 Å². The van der Waals surface area contributed by atoms with Crippen LogP contribution in [0.15, 0.2) is 18.3 Å². The molecule has 1 amide bonds. The Bertz CT molecular complexity index is 455. The fourth-order valence-electron chi connectivity index (χ4n) is 2.41. The molecule has 1 aromatic rings. The Kier molecular flexibility index (Phi) is 5.09. The molecule has 0 aliphatic carbocycles. The van der Waals surface area contributed by atoms with E-state index in [9.17, 15) is 9.59 Å². The number of nitrogens with zero attached hydrogens (tertiary/aromatic N) is 2. The number of carbonyl (C=O) groups excluding carboxylic acids is 2. The highest BCUT2D eigenvalue weighted by molar-refractivity contribution is 6.03. The standard InChI is InChI=1S/C15H19N2O3/c1-2-20-15(19)13(12-6-8-16-9-7-12)14(18)17-10-4-3-5-11-17/h6-8,13H,2-5,10-11H2,1H3. The normalized spacial score (nSPS) is 16.6. The zero-order chi connectivity index (χ0) is 14.4. The Hall–Kier alpha value is -1.91. The van der Waals surface area contributed by atoms with Gasteiger partial charge in [-0.15, -0.1) is 0 Å². The minimum atomic E-state index is -0.896. The number of piperidine rings is 1. The van der Waals surface area contributed by atoms with E-state index in [0.29, 0.717) is 18.7 Å². The van der Waals surface area contributed by atoms with E-state index < -0.39 is 11.9 Å². The van der Waals surface area contributed by atoms with Crippen molar-refractivity contribution in [2.45, 2.75) is 32.1 Å². The highest BCUT2D eigenvalue weighted by Crippen LogP contribution is 2.22. The Morgan fingerprint density at radius 1 is 1.40 bits per heavy atom. The van der Waals surface area contributed by atoms with Gasteiger partial charge in [-0.25, -0.2) is 0 Å². The number of aromatic nitrogens is 1. The Morgan fingerprint density at radius 3 is 2.75 bits per heavy atom. The van der Waals surface area contributed by atoms with Crippen LogP contribution >= 0.6 is 0 Å². The number of hydrogen-bond donors (Lipinski definition) is 0. The number of esters is 1. The predicted molar refractivity (Wildman–Crippen MR) is 72.9 cm³/mol. The van der Waals surface area contributed by atoms with Crippen molar-refractivity contribution in [3.05, 3.63) is 30.1 Å². The van der Waals surface area contributed by atoms with E-state index in [1.165, 1.54) is 6.20 Å². The van der Waals surface area contributed by atoms with Gasteiger partial charge in [0.25, 0.3) is 0 Å². The third-order valence-electron chi connectivity index (χ3n) is 3.42. The lowest BCUT2D eigenvalue weighted by atomic mass is 9.97. The van der Waals surface area contributed by atoms with E-state index in [2.05, 4.69) is 11.2 Å². The van der Waals surface area contributed by atoms with Crippen molar-refractivity contribution in [1.29, 1.82) is 0 Å². The van der Waals surface area contributed by atoms with Crippen molar-refractivity contribution >= 4 is 11.9 Å². The van der Waals surface area contributed by atoms with Crippen LogP contribution in [0, 0.1) is 6.20 Å². The van der Waals surface area contributed by atoms with Crippen LogP contribution in [-0.2, 0) is 14.3 Å². The van der Waals surface area contributed by atoms with E-state index in [-0.39, 0.29) is 12.5 Å². The third kappa shape index (κ3) is 3.35. The molecule has 1 saturated heterocycles. The summed E-state index contributed by atoms with van der Waals surface area (Å²) in [6.45, 7) is 3.42. The first-order valence-electron chi connectivity index (χ1n) is 7.01. The molecule has 1 aliphatic heterocycles. The van der Waals surface area contributed by atoms with Crippen molar-refractivity contribution in [2.24, 2.45) is 0 Å². The Labute approximate surface area is 118 Å². The van der Waals surface area contributed by atoms with Gasteiger partial charge in [0.15, 0.2) is 5.92 Å². The van der Waals surface area contributed by atoms with Gasteiger partial charge >= 0.3 is 5.97 Å². The molecule has 20 heavy (non-hydrogen) atoms. The molecule has 0 spiro atoms. The highest BCUT2D eigenvalue weighted by atomic mass is 16.5. The second-order valence-corrected chi connectivity index (χ2v) is 4.79. The SMILES string of the molecule is CCOC(=O)C(C(=O)N1CCCCC1)c1c[c]ncc1. The Balaban J connectivity index is 2.21. The second-order valence-electron chi connectivity index (χ2n) is 4.79. The topological polar surface area (TPSA) is 59.5 Å². The summed E-state index contributed by atoms with van der Waals surface area (Å²) >= 11 is 0. The van der Waals surface area contributed by atoms with E-state index in [4.69, 9.17) is 4.74 Å². The number of amides is 1. The lowest BCUT2D eigenvalue weighted by molar-refractivity contribution is -0.151. The highest BCUT2D eigenvalue weighted by Gasteiger charge is 2.33. The lowest BCUT2D eigenvalue weighted by Gasteiger charge is -2.29. The minimum Gasteiger partial charge on any atom is -0.465 e. The number of carbonyl (C=O) groups is 2. The van der Waals surface area contributed by atoms with Crippen LogP contribution in [0.2, 0.25) is 0 Å². The van der Waals surface area contributed by atoms with Crippen LogP contribution in [0.5, 0.6) is 0 Å². The van der Waals surface area contributed by atoms with Gasteiger partial charge in [-0.3, -0.25) is 14.6 Å². The molecule has 5 heteroatoms. The molecular weight excluding hydrogens is 256 g/mol. The van der Waals surface area contributed by atoms with E-state index in [1.54, 1.807) is 24.0 Å². The van der Waals surface area contributed by atoms with E-state index in [0.717, 1.165) is 19.3 Å². The van der Waals surface area contributed by atoms with Gasteiger partial charge in [-0.2, -0.15) is 0 Å². The van der Waals surface area contributed by atoms with Crippen molar-refractivity contribution in [1.82, 2.24) is 9.88 Å². The summed E-state index contributed by atoms with van der Waals surface area (Å²) < 4.78 is 5.05. The monoisotopic (exact) mass is 275 g/mol. The minimum absolute atomic E-state index is 0.178. The molecule has 0 N–H and O–H groups in total. The molecule has 1 atom stereocenters. The third-order valence-corrected chi connectivity index (χ3v) is 3.42. The molecule has 0 saturated carbocycles. The fourth-order valence-corrected chi connectivity index (χ4v) is 2.41. The van der Waals surface area contributed by atoms with Crippen LogP contribution in [0.4, 0.5) is 0 Å². The molecule has 0 aromatic carbocycles. The van der Waals surface area contributed by atoms with Gasteiger partial charge in [0.05, 0.1) is 12.8 Å². The predicted octanol–water partition coefficient (Wildman–Crippen LogP) is 1.54. The molecule has 107 valence electrons. The van der Waals surface area contributed by atoms with Gasteiger partial charge in [0, 0.05) is 19.3 Å². The molecule has 5 nitrogen and oxygen atoms in total. The van der Waals surface area contributed by atoms with Crippen molar-refractivity contribution in [3.8, 4) is 0 Å². The van der Waals surface area contributed by atoms with Crippen molar-refractivity contribution in [2.75, 3.05) is 19.7 Å². The number of likely N-dealkylation sites (tertiary alicyclic amines) is 1. The van der Waals surface area contributed by atoms with Crippen molar-refractivity contribution < 1.29 is 14.3 Å². The number of ether oxygens (including phenoxy) is 1. The summed E-state index contributed by atoms with van der Waals surface area (Å²) in [7, 11) is 0. The molecule has 2 rings (SSSR count). The maximum absolute atomic E-state index is 12.6. The van der Waals surface area contributed by atoms with E-state index >= 15 is 0 Å². The fraction of sp³-hybridized carbons (Fsp3) is 0.533. The van der Waals surface area contributed by atoms with Crippen LogP contribution < -0.4 is 0 Å². The summed E-state index contributed by atoms with van der Waals surface area (Å²) in [5.41, 5.74) is 0.592. The number of hydrogen-bond acceptors (Lipinski definition) is 4. The van der Waals surface area contributed by atoms with Gasteiger partial charge in [-0.1, -0.05) is 0 Å². The molecule has 1 aromatic heterocycles. The molecule has 1 radical (unpaired) electrons. The quantitative estimate of drug-likeness (QED) is 0.618. The second kappa shape index (κ2) is 7.03. The average Bonchev–Trinajstić information content (AvgIpc) is 2.50. The first-order chi connectivity index (χ1) is 9.74. The largest absolute Gasteiger partial charge is 0.465 e. The maximum atomic E-state index is 12.6.